The fourth-order valence-corrected chi connectivity index (χ4v) is 0.936. The van der Waals surface area contributed by atoms with Gasteiger partial charge in [0.2, 0.25) is 6.08 Å². The van der Waals surface area contributed by atoms with E-state index >= 15 is 0 Å². The number of aliphatic imine (C=N–C) groups is 1. The quantitative estimate of drug-likeness (QED) is 0.467. The van der Waals surface area contributed by atoms with E-state index in [1.54, 1.807) is 12.1 Å². The third kappa shape index (κ3) is 1.67. The largest absolute Gasteiger partial charge is 0.240 e. The normalized spacial score (nSPS) is 8.91. The van der Waals surface area contributed by atoms with Crippen molar-refractivity contribution in [3.8, 4) is 0 Å². The molecule has 3 heteroatoms. The summed E-state index contributed by atoms with van der Waals surface area (Å²) in [5.41, 5.74) is 1.38. The van der Waals surface area contributed by atoms with Gasteiger partial charge in [-0.25, -0.2) is 4.79 Å². The van der Waals surface area contributed by atoms with Gasteiger partial charge in [-0.05, 0) is 18.6 Å². The van der Waals surface area contributed by atoms with Crippen LogP contribution in [0.1, 0.15) is 5.56 Å². The monoisotopic (exact) mass is 167 g/mol. The molecule has 0 unspecified atom stereocenters. The van der Waals surface area contributed by atoms with Crippen molar-refractivity contribution in [2.45, 2.75) is 6.92 Å². The summed E-state index contributed by atoms with van der Waals surface area (Å²) in [6, 6.07) is 5.31. The van der Waals surface area contributed by atoms with Gasteiger partial charge in [0.15, 0.2) is 0 Å². The summed E-state index contributed by atoms with van der Waals surface area (Å²) < 4.78 is 0. The smallest absolute Gasteiger partial charge is 0.211 e. The standard InChI is InChI=1S/C8H6ClNO/c1-6-3-2-4-7(8(6)9)10-5-11/h2-4H,1H3. The SMILES string of the molecule is Cc1cccc(N=C=O)c1Cl. The Kier molecular flexibility index (Phi) is 2.42. The maximum absolute atomic E-state index is 9.89. The molecule has 0 bridgehead atoms. The highest BCUT2D eigenvalue weighted by molar-refractivity contribution is 6.33. The first kappa shape index (κ1) is 7.99. The van der Waals surface area contributed by atoms with E-state index in [0.717, 1.165) is 5.56 Å². The lowest BCUT2D eigenvalue weighted by molar-refractivity contribution is 0.565. The molecular formula is C8H6ClNO. The fraction of sp³-hybridized carbons (Fsp3) is 0.125. The third-order valence-electron chi connectivity index (χ3n) is 1.34. The van der Waals surface area contributed by atoms with Crippen LogP contribution in [0.5, 0.6) is 0 Å². The lowest BCUT2D eigenvalue weighted by Crippen LogP contribution is -1.73. The average Bonchev–Trinajstić information content (AvgIpc) is 1.99. The van der Waals surface area contributed by atoms with Crippen molar-refractivity contribution in [1.82, 2.24) is 0 Å². The predicted molar refractivity (Wildman–Crippen MR) is 44.0 cm³/mol. The van der Waals surface area contributed by atoms with E-state index in [2.05, 4.69) is 4.99 Å². The number of hydrogen-bond acceptors (Lipinski definition) is 2. The van der Waals surface area contributed by atoms with Gasteiger partial charge in [0.1, 0.15) is 0 Å². The molecule has 0 heterocycles. The molecule has 1 aromatic carbocycles. The molecular weight excluding hydrogens is 162 g/mol. The van der Waals surface area contributed by atoms with Crippen LogP contribution >= 0.6 is 11.6 Å². The van der Waals surface area contributed by atoms with Gasteiger partial charge in [-0.3, -0.25) is 0 Å². The summed E-state index contributed by atoms with van der Waals surface area (Å²) in [6.45, 7) is 1.85. The highest BCUT2D eigenvalue weighted by Crippen LogP contribution is 2.26. The Morgan fingerprint density at radius 2 is 2.27 bits per heavy atom. The van der Waals surface area contributed by atoms with Crippen LogP contribution < -0.4 is 0 Å². The molecule has 1 rings (SSSR count). The molecule has 0 aliphatic rings. The molecule has 0 radical (unpaired) electrons. The molecule has 56 valence electrons. The predicted octanol–water partition coefficient (Wildman–Crippen LogP) is 2.62. The van der Waals surface area contributed by atoms with Gasteiger partial charge in [0.05, 0.1) is 10.7 Å². The molecule has 0 saturated carbocycles. The number of halogens is 1. The Labute approximate surface area is 69.5 Å². The number of rotatable bonds is 1. The van der Waals surface area contributed by atoms with Gasteiger partial charge < -0.3 is 0 Å². The lowest BCUT2D eigenvalue weighted by atomic mass is 10.2. The van der Waals surface area contributed by atoms with Crippen molar-refractivity contribution in [2.75, 3.05) is 0 Å². The maximum Gasteiger partial charge on any atom is 0.240 e. The Balaban J connectivity index is 3.26. The highest BCUT2D eigenvalue weighted by atomic mass is 35.5. The zero-order valence-electron chi connectivity index (χ0n) is 5.97. The average molecular weight is 168 g/mol. The maximum atomic E-state index is 9.89. The first-order valence-corrected chi connectivity index (χ1v) is 3.46. The Bertz CT molecular complexity index is 316. The van der Waals surface area contributed by atoms with E-state index < -0.39 is 0 Å². The number of benzene rings is 1. The Hall–Kier alpha value is -1.11. The summed E-state index contributed by atoms with van der Waals surface area (Å²) in [4.78, 5) is 13.3. The first-order chi connectivity index (χ1) is 5.25. The molecule has 0 atom stereocenters. The minimum Gasteiger partial charge on any atom is -0.211 e. The van der Waals surface area contributed by atoms with Gasteiger partial charge in [-0.2, -0.15) is 4.99 Å². The fourth-order valence-electron chi connectivity index (χ4n) is 0.767. The number of carbonyl (C=O) groups excluding carboxylic acids is 1. The Morgan fingerprint density at radius 3 is 2.91 bits per heavy atom. The van der Waals surface area contributed by atoms with Crippen molar-refractivity contribution in [2.24, 2.45) is 4.99 Å². The van der Waals surface area contributed by atoms with Gasteiger partial charge in [0.25, 0.3) is 0 Å². The summed E-state index contributed by atoms with van der Waals surface area (Å²) in [7, 11) is 0. The zero-order chi connectivity index (χ0) is 8.27. The molecule has 0 N–H and O–H groups in total. The molecule has 0 aliphatic heterocycles. The topological polar surface area (TPSA) is 29.4 Å². The second-order valence-corrected chi connectivity index (χ2v) is 2.49. The van der Waals surface area contributed by atoms with Crippen LogP contribution in [0.4, 0.5) is 5.69 Å². The molecule has 0 aromatic heterocycles. The second-order valence-electron chi connectivity index (χ2n) is 2.11. The van der Waals surface area contributed by atoms with Crippen LogP contribution in [0.25, 0.3) is 0 Å². The highest BCUT2D eigenvalue weighted by Gasteiger charge is 1.99. The van der Waals surface area contributed by atoms with Crippen molar-refractivity contribution < 1.29 is 4.79 Å². The van der Waals surface area contributed by atoms with E-state index in [0.29, 0.717) is 10.7 Å². The molecule has 0 aliphatic carbocycles. The molecule has 0 saturated heterocycles. The van der Waals surface area contributed by atoms with Gasteiger partial charge >= 0.3 is 0 Å². The molecule has 1 aromatic rings. The van der Waals surface area contributed by atoms with E-state index in [1.807, 2.05) is 13.0 Å². The van der Waals surface area contributed by atoms with Gasteiger partial charge in [-0.15, -0.1) is 0 Å². The third-order valence-corrected chi connectivity index (χ3v) is 1.83. The molecule has 0 spiro atoms. The van der Waals surface area contributed by atoms with Crippen LogP contribution in [0.2, 0.25) is 5.02 Å². The van der Waals surface area contributed by atoms with E-state index in [-0.39, 0.29) is 0 Å². The van der Waals surface area contributed by atoms with Crippen molar-refractivity contribution >= 4 is 23.4 Å². The summed E-state index contributed by atoms with van der Waals surface area (Å²) in [6.07, 6.45) is 1.44. The van der Waals surface area contributed by atoms with Crippen LogP contribution in [-0.2, 0) is 4.79 Å². The van der Waals surface area contributed by atoms with Gasteiger partial charge in [0, 0.05) is 0 Å². The molecule has 0 amide bonds. The minimum absolute atomic E-state index is 0.474. The molecule has 0 fully saturated rings. The lowest BCUT2D eigenvalue weighted by Gasteiger charge is -1.97. The summed E-state index contributed by atoms with van der Waals surface area (Å²) in [5, 5.41) is 0.510. The zero-order valence-corrected chi connectivity index (χ0v) is 6.72. The number of nitrogens with zero attached hydrogens (tertiary/aromatic N) is 1. The molecule has 11 heavy (non-hydrogen) atoms. The van der Waals surface area contributed by atoms with Crippen molar-refractivity contribution in [1.29, 1.82) is 0 Å². The van der Waals surface area contributed by atoms with Crippen LogP contribution in [0.15, 0.2) is 23.2 Å². The summed E-state index contributed by atoms with van der Waals surface area (Å²) in [5.74, 6) is 0. The van der Waals surface area contributed by atoms with Crippen molar-refractivity contribution in [3.63, 3.8) is 0 Å². The Morgan fingerprint density at radius 1 is 1.55 bits per heavy atom. The van der Waals surface area contributed by atoms with Crippen LogP contribution in [0, 0.1) is 6.92 Å². The van der Waals surface area contributed by atoms with E-state index in [4.69, 9.17) is 11.6 Å². The number of aryl methyl sites for hydroxylation is 1. The number of isocyanates is 1. The van der Waals surface area contributed by atoms with Crippen LogP contribution in [-0.4, -0.2) is 6.08 Å². The first-order valence-electron chi connectivity index (χ1n) is 3.08. The minimum atomic E-state index is 0.474. The second kappa shape index (κ2) is 3.33. The molecule has 2 nitrogen and oxygen atoms in total. The number of hydrogen-bond donors (Lipinski definition) is 0. The van der Waals surface area contributed by atoms with E-state index in [1.165, 1.54) is 6.08 Å². The van der Waals surface area contributed by atoms with Crippen molar-refractivity contribution in [3.05, 3.63) is 28.8 Å². The van der Waals surface area contributed by atoms with Gasteiger partial charge in [-0.1, -0.05) is 23.7 Å². The summed E-state index contributed by atoms with van der Waals surface area (Å²) >= 11 is 5.80. The van der Waals surface area contributed by atoms with E-state index in [9.17, 15) is 4.79 Å². The van der Waals surface area contributed by atoms with Crippen LogP contribution in [0.3, 0.4) is 0 Å².